The second kappa shape index (κ2) is 4.51. The molecule has 2 heterocycles. The number of thioether (sulfide) groups is 1. The fourth-order valence-electron chi connectivity index (χ4n) is 1.45. The number of aromatic nitrogens is 2. The molecule has 0 aliphatic heterocycles. The van der Waals surface area contributed by atoms with Crippen LogP contribution in [0.15, 0.2) is 5.16 Å². The van der Waals surface area contributed by atoms with Gasteiger partial charge in [-0.3, -0.25) is 0 Å². The minimum Gasteiger partial charge on any atom is -0.211 e. The van der Waals surface area contributed by atoms with E-state index in [1.807, 2.05) is 0 Å². The van der Waals surface area contributed by atoms with Crippen molar-refractivity contribution in [3.63, 3.8) is 0 Å². The SMILES string of the molecule is Cc1sc2nc(SC(C)C)nc(Cl)c2c1C. The molecule has 2 rings (SSSR count). The lowest BCUT2D eigenvalue weighted by atomic mass is 10.2. The van der Waals surface area contributed by atoms with E-state index in [0.717, 1.165) is 15.4 Å². The van der Waals surface area contributed by atoms with Crippen molar-refractivity contribution >= 4 is 44.9 Å². The van der Waals surface area contributed by atoms with E-state index in [4.69, 9.17) is 11.6 Å². The summed E-state index contributed by atoms with van der Waals surface area (Å²) in [6.45, 7) is 8.40. The van der Waals surface area contributed by atoms with Crippen molar-refractivity contribution < 1.29 is 0 Å². The number of halogens is 1. The van der Waals surface area contributed by atoms with Gasteiger partial charge in [-0.1, -0.05) is 37.2 Å². The highest BCUT2D eigenvalue weighted by molar-refractivity contribution is 7.99. The lowest BCUT2D eigenvalue weighted by molar-refractivity contribution is 0.989. The summed E-state index contributed by atoms with van der Waals surface area (Å²) in [5.41, 5.74) is 1.20. The first-order chi connectivity index (χ1) is 7.49. The number of thiophene rings is 1. The van der Waals surface area contributed by atoms with Gasteiger partial charge in [-0.15, -0.1) is 11.3 Å². The first kappa shape index (κ1) is 12.1. The molecule has 0 fully saturated rings. The lowest BCUT2D eigenvalue weighted by Crippen LogP contribution is -1.93. The number of aryl methyl sites for hydroxylation is 2. The Morgan fingerprint density at radius 3 is 2.56 bits per heavy atom. The van der Waals surface area contributed by atoms with Crippen LogP contribution in [0.3, 0.4) is 0 Å². The second-order valence-corrected chi connectivity index (χ2v) is 7.03. The summed E-state index contributed by atoms with van der Waals surface area (Å²) >= 11 is 9.53. The molecule has 0 aromatic carbocycles. The number of fused-ring (bicyclic) bond motifs is 1. The van der Waals surface area contributed by atoms with E-state index in [-0.39, 0.29) is 0 Å². The molecule has 0 bridgehead atoms. The van der Waals surface area contributed by atoms with Gasteiger partial charge >= 0.3 is 0 Å². The summed E-state index contributed by atoms with van der Waals surface area (Å²) in [6.07, 6.45) is 0. The van der Waals surface area contributed by atoms with Gasteiger partial charge in [0.25, 0.3) is 0 Å². The Bertz CT molecular complexity index is 534. The van der Waals surface area contributed by atoms with Crippen LogP contribution in [0.2, 0.25) is 5.15 Å². The zero-order valence-corrected chi connectivity index (χ0v) is 12.1. The standard InChI is InChI=1S/C11H13ClN2S2/c1-5(2)15-11-13-9(12)8-6(3)7(4)16-10(8)14-11/h5H,1-4H3. The van der Waals surface area contributed by atoms with Crippen LogP contribution in [0.1, 0.15) is 24.3 Å². The van der Waals surface area contributed by atoms with Crippen molar-refractivity contribution in [1.29, 1.82) is 0 Å². The monoisotopic (exact) mass is 272 g/mol. The van der Waals surface area contributed by atoms with Gasteiger partial charge in [-0.25, -0.2) is 9.97 Å². The van der Waals surface area contributed by atoms with E-state index in [1.54, 1.807) is 23.1 Å². The molecule has 0 spiro atoms. The molecule has 0 amide bonds. The highest BCUT2D eigenvalue weighted by Crippen LogP contribution is 2.34. The smallest absolute Gasteiger partial charge is 0.190 e. The third-order valence-corrected chi connectivity index (χ3v) is 4.54. The van der Waals surface area contributed by atoms with Crippen LogP contribution >= 0.6 is 34.7 Å². The van der Waals surface area contributed by atoms with Crippen LogP contribution in [0, 0.1) is 13.8 Å². The topological polar surface area (TPSA) is 25.8 Å². The molecule has 0 unspecified atom stereocenters. The maximum atomic E-state index is 6.21. The van der Waals surface area contributed by atoms with Crippen LogP contribution in [0.5, 0.6) is 0 Å². The third-order valence-electron chi connectivity index (χ3n) is 2.31. The fourth-order valence-corrected chi connectivity index (χ4v) is 3.66. The van der Waals surface area contributed by atoms with E-state index in [0.29, 0.717) is 10.4 Å². The Morgan fingerprint density at radius 2 is 1.94 bits per heavy atom. The Labute approximate surface area is 108 Å². The predicted octanol–water partition coefficient (Wildman–Crippen LogP) is 4.46. The quantitative estimate of drug-likeness (QED) is 0.458. The highest BCUT2D eigenvalue weighted by atomic mass is 35.5. The van der Waals surface area contributed by atoms with Gasteiger partial charge in [-0.05, 0) is 19.4 Å². The van der Waals surface area contributed by atoms with Crippen molar-refractivity contribution in [2.24, 2.45) is 0 Å². The average Bonchev–Trinajstić information content (AvgIpc) is 2.41. The second-order valence-electron chi connectivity index (χ2n) is 3.93. The molecule has 0 radical (unpaired) electrons. The molecule has 2 aromatic heterocycles. The van der Waals surface area contributed by atoms with Crippen LogP contribution in [-0.2, 0) is 0 Å². The maximum absolute atomic E-state index is 6.21. The summed E-state index contributed by atoms with van der Waals surface area (Å²) in [6, 6.07) is 0. The van der Waals surface area contributed by atoms with Gasteiger partial charge in [0.05, 0.1) is 5.39 Å². The van der Waals surface area contributed by atoms with Crippen molar-refractivity contribution in [3.8, 4) is 0 Å². The van der Waals surface area contributed by atoms with E-state index in [9.17, 15) is 0 Å². The Balaban J connectivity index is 2.59. The molecule has 16 heavy (non-hydrogen) atoms. The largest absolute Gasteiger partial charge is 0.211 e. The van der Waals surface area contributed by atoms with Crippen LogP contribution in [0.4, 0.5) is 0 Å². The van der Waals surface area contributed by atoms with Gasteiger partial charge in [-0.2, -0.15) is 0 Å². The van der Waals surface area contributed by atoms with Crippen molar-refractivity contribution in [2.75, 3.05) is 0 Å². The minimum absolute atomic E-state index is 0.468. The number of hydrogen-bond acceptors (Lipinski definition) is 4. The van der Waals surface area contributed by atoms with Crippen molar-refractivity contribution in [2.45, 2.75) is 38.1 Å². The van der Waals surface area contributed by atoms with E-state index < -0.39 is 0 Å². The fraction of sp³-hybridized carbons (Fsp3) is 0.455. The highest BCUT2D eigenvalue weighted by Gasteiger charge is 2.13. The molecule has 0 N–H and O–H groups in total. The molecule has 0 atom stereocenters. The maximum Gasteiger partial charge on any atom is 0.190 e. The van der Waals surface area contributed by atoms with Crippen LogP contribution in [0.25, 0.3) is 10.2 Å². The summed E-state index contributed by atoms with van der Waals surface area (Å²) in [4.78, 5) is 11.1. The number of nitrogens with zero attached hydrogens (tertiary/aromatic N) is 2. The van der Waals surface area contributed by atoms with E-state index in [1.165, 1.54) is 10.4 Å². The first-order valence-corrected chi connectivity index (χ1v) is 7.16. The summed E-state index contributed by atoms with van der Waals surface area (Å²) in [5, 5.41) is 2.83. The molecule has 0 aliphatic rings. The zero-order chi connectivity index (χ0) is 11.9. The minimum atomic E-state index is 0.468. The molecule has 86 valence electrons. The first-order valence-electron chi connectivity index (χ1n) is 5.09. The molecular weight excluding hydrogens is 260 g/mol. The molecule has 0 aliphatic carbocycles. The van der Waals surface area contributed by atoms with Crippen molar-refractivity contribution in [1.82, 2.24) is 9.97 Å². The number of rotatable bonds is 2. The Morgan fingerprint density at radius 1 is 1.25 bits per heavy atom. The van der Waals surface area contributed by atoms with Gasteiger partial charge in [0.1, 0.15) is 9.98 Å². The van der Waals surface area contributed by atoms with Gasteiger partial charge < -0.3 is 0 Å². The zero-order valence-electron chi connectivity index (χ0n) is 9.67. The van der Waals surface area contributed by atoms with Crippen molar-refractivity contribution in [3.05, 3.63) is 15.6 Å². The summed E-state index contributed by atoms with van der Waals surface area (Å²) in [7, 11) is 0. The molecule has 0 saturated heterocycles. The van der Waals surface area contributed by atoms with E-state index in [2.05, 4.69) is 37.7 Å². The molecule has 0 saturated carbocycles. The summed E-state index contributed by atoms with van der Waals surface area (Å²) in [5.74, 6) is 0. The van der Waals surface area contributed by atoms with Gasteiger partial charge in [0.15, 0.2) is 5.16 Å². The summed E-state index contributed by atoms with van der Waals surface area (Å²) < 4.78 is 0. The predicted molar refractivity (Wildman–Crippen MR) is 72.9 cm³/mol. The number of hydrogen-bond donors (Lipinski definition) is 0. The van der Waals surface area contributed by atoms with Crippen LogP contribution < -0.4 is 0 Å². The molecule has 5 heteroatoms. The third kappa shape index (κ3) is 2.19. The van der Waals surface area contributed by atoms with Gasteiger partial charge in [0.2, 0.25) is 0 Å². The normalized spacial score (nSPS) is 11.6. The lowest BCUT2D eigenvalue weighted by Gasteiger charge is -2.03. The molecule has 2 nitrogen and oxygen atoms in total. The molecule has 2 aromatic rings. The average molecular weight is 273 g/mol. The Kier molecular flexibility index (Phi) is 3.42. The van der Waals surface area contributed by atoms with Gasteiger partial charge in [0, 0.05) is 10.1 Å². The van der Waals surface area contributed by atoms with E-state index >= 15 is 0 Å². The molecular formula is C11H13ClN2S2. The Hall–Kier alpha value is -0.320. The van der Waals surface area contributed by atoms with Crippen LogP contribution in [-0.4, -0.2) is 15.2 Å².